The fraction of sp³-hybridized carbons (Fsp3) is 0.526. The molecule has 29 heavy (non-hydrogen) atoms. The number of ether oxygens (including phenoxy) is 1. The summed E-state index contributed by atoms with van der Waals surface area (Å²) in [7, 11) is -3.73. The van der Waals surface area contributed by atoms with Gasteiger partial charge in [-0.05, 0) is 57.9 Å². The summed E-state index contributed by atoms with van der Waals surface area (Å²) in [6.45, 7) is 5.95. The third kappa shape index (κ3) is 4.13. The fourth-order valence-electron chi connectivity index (χ4n) is 3.22. The van der Waals surface area contributed by atoms with Crippen molar-refractivity contribution in [3.05, 3.63) is 24.3 Å². The van der Waals surface area contributed by atoms with E-state index in [0.29, 0.717) is 44.0 Å². The lowest BCUT2D eigenvalue weighted by Crippen LogP contribution is -2.50. The summed E-state index contributed by atoms with van der Waals surface area (Å²) < 4.78 is 31.3. The fourth-order valence-corrected chi connectivity index (χ4v) is 5.18. The first kappa shape index (κ1) is 21.3. The molecule has 10 heteroatoms. The molecule has 0 saturated carbocycles. The Bertz CT molecular complexity index is 977. The standard InChI is InChI=1S/C19H26N4O5S/c1-4-23-16(13-5-7-14(24)8-6-13)20-18(22-23)21-17(25)19(2,3)29(26,27)15-9-11-28-12-10-15/h5-8,15,24H,4,9-12H2,1-3H3,(H,21,22,25). The van der Waals surface area contributed by atoms with Gasteiger partial charge in [-0.15, -0.1) is 5.10 Å². The number of hydrogen-bond donors (Lipinski definition) is 2. The molecule has 3 rings (SSSR count). The first-order valence-electron chi connectivity index (χ1n) is 9.53. The van der Waals surface area contributed by atoms with Crippen LogP contribution >= 0.6 is 0 Å². The van der Waals surface area contributed by atoms with Crippen molar-refractivity contribution in [3.8, 4) is 17.1 Å². The van der Waals surface area contributed by atoms with E-state index in [1.54, 1.807) is 16.8 Å². The first-order valence-corrected chi connectivity index (χ1v) is 11.1. The number of phenolic OH excluding ortho intramolecular Hbond substituents is 1. The summed E-state index contributed by atoms with van der Waals surface area (Å²) in [5.41, 5.74) is 0.715. The minimum absolute atomic E-state index is 0.0372. The van der Waals surface area contributed by atoms with E-state index in [4.69, 9.17) is 4.74 Å². The molecule has 0 atom stereocenters. The molecular formula is C19H26N4O5S. The van der Waals surface area contributed by atoms with Gasteiger partial charge in [-0.1, -0.05) is 0 Å². The molecule has 1 aliphatic rings. The second kappa shape index (κ2) is 8.11. The van der Waals surface area contributed by atoms with Gasteiger partial charge in [0.15, 0.2) is 15.7 Å². The van der Waals surface area contributed by atoms with Crippen LogP contribution in [0.1, 0.15) is 33.6 Å². The minimum atomic E-state index is -3.73. The number of anilines is 1. The highest BCUT2D eigenvalue weighted by atomic mass is 32.2. The zero-order valence-corrected chi connectivity index (χ0v) is 17.6. The maximum absolute atomic E-state index is 13.0. The minimum Gasteiger partial charge on any atom is -0.508 e. The van der Waals surface area contributed by atoms with E-state index >= 15 is 0 Å². The van der Waals surface area contributed by atoms with Crippen LogP contribution in [-0.4, -0.2) is 57.4 Å². The summed E-state index contributed by atoms with van der Waals surface area (Å²) in [5, 5.41) is 15.7. The average Bonchev–Trinajstić information content (AvgIpc) is 3.11. The third-order valence-electron chi connectivity index (χ3n) is 5.19. The number of carbonyl (C=O) groups excluding carboxylic acids is 1. The van der Waals surface area contributed by atoms with Crippen LogP contribution < -0.4 is 5.32 Å². The van der Waals surface area contributed by atoms with E-state index < -0.39 is 25.7 Å². The van der Waals surface area contributed by atoms with Crippen molar-refractivity contribution < 1.29 is 23.1 Å². The number of aromatic hydroxyl groups is 1. The zero-order valence-electron chi connectivity index (χ0n) is 16.8. The van der Waals surface area contributed by atoms with Crippen LogP contribution in [-0.2, 0) is 25.9 Å². The third-order valence-corrected chi connectivity index (χ3v) is 8.14. The maximum atomic E-state index is 13.0. The van der Waals surface area contributed by atoms with Gasteiger partial charge in [-0.25, -0.2) is 13.1 Å². The number of aromatic nitrogens is 3. The number of hydrogen-bond acceptors (Lipinski definition) is 7. The monoisotopic (exact) mass is 422 g/mol. The number of nitrogens with zero attached hydrogens (tertiary/aromatic N) is 3. The lowest BCUT2D eigenvalue weighted by atomic mass is 10.2. The highest BCUT2D eigenvalue weighted by Gasteiger charge is 2.46. The predicted octanol–water partition coefficient (Wildman–Crippen LogP) is 1.98. The van der Waals surface area contributed by atoms with Gasteiger partial charge in [0.05, 0.1) is 5.25 Å². The van der Waals surface area contributed by atoms with Crippen molar-refractivity contribution in [2.75, 3.05) is 18.5 Å². The highest BCUT2D eigenvalue weighted by Crippen LogP contribution is 2.29. The summed E-state index contributed by atoms with van der Waals surface area (Å²) in [5.74, 6) is 0.00230. The van der Waals surface area contributed by atoms with Crippen LogP contribution in [0.3, 0.4) is 0 Å². The highest BCUT2D eigenvalue weighted by molar-refractivity contribution is 7.94. The number of amides is 1. The molecule has 0 bridgehead atoms. The molecular weight excluding hydrogens is 396 g/mol. The number of phenols is 1. The normalized spacial score (nSPS) is 16.0. The van der Waals surface area contributed by atoms with Gasteiger partial charge in [0.1, 0.15) is 10.5 Å². The molecule has 2 aromatic rings. The Hall–Kier alpha value is -2.46. The second-order valence-corrected chi connectivity index (χ2v) is 10.2. The topological polar surface area (TPSA) is 123 Å². The van der Waals surface area contributed by atoms with Crippen molar-refractivity contribution in [1.82, 2.24) is 14.8 Å². The molecule has 0 aliphatic carbocycles. The van der Waals surface area contributed by atoms with Crippen LogP contribution in [0.15, 0.2) is 24.3 Å². The predicted molar refractivity (Wildman–Crippen MR) is 108 cm³/mol. The second-order valence-electron chi connectivity index (χ2n) is 7.44. The smallest absolute Gasteiger partial charge is 0.249 e. The molecule has 1 aromatic heterocycles. The Morgan fingerprint density at radius 3 is 2.48 bits per heavy atom. The average molecular weight is 423 g/mol. The quantitative estimate of drug-likeness (QED) is 0.729. The Labute approximate surface area is 170 Å². The van der Waals surface area contributed by atoms with Crippen LogP contribution in [0, 0.1) is 0 Å². The van der Waals surface area contributed by atoms with Gasteiger partial charge in [-0.3, -0.25) is 10.1 Å². The van der Waals surface area contributed by atoms with Crippen molar-refractivity contribution in [2.45, 2.75) is 50.2 Å². The number of rotatable bonds is 6. The van der Waals surface area contributed by atoms with E-state index in [1.165, 1.54) is 26.0 Å². The molecule has 1 saturated heterocycles. The van der Waals surface area contributed by atoms with Crippen LogP contribution in [0.4, 0.5) is 5.95 Å². The van der Waals surface area contributed by atoms with Crippen molar-refractivity contribution in [3.63, 3.8) is 0 Å². The molecule has 2 N–H and O–H groups in total. The number of carbonyl (C=O) groups is 1. The van der Waals surface area contributed by atoms with Crippen LogP contribution in [0.5, 0.6) is 5.75 Å². The van der Waals surface area contributed by atoms with Crippen molar-refractivity contribution >= 4 is 21.7 Å². The molecule has 0 radical (unpaired) electrons. The van der Waals surface area contributed by atoms with E-state index in [-0.39, 0.29) is 11.7 Å². The van der Waals surface area contributed by atoms with Crippen LogP contribution in [0.25, 0.3) is 11.4 Å². The molecule has 1 aromatic carbocycles. The van der Waals surface area contributed by atoms with Crippen LogP contribution in [0.2, 0.25) is 0 Å². The molecule has 158 valence electrons. The lowest BCUT2D eigenvalue weighted by Gasteiger charge is -2.30. The van der Waals surface area contributed by atoms with Gasteiger partial charge in [0, 0.05) is 25.3 Å². The van der Waals surface area contributed by atoms with Gasteiger partial charge >= 0.3 is 0 Å². The summed E-state index contributed by atoms with van der Waals surface area (Å²) in [6.07, 6.45) is 0.763. The molecule has 1 fully saturated rings. The Morgan fingerprint density at radius 2 is 1.90 bits per heavy atom. The summed E-state index contributed by atoms with van der Waals surface area (Å²) >= 11 is 0. The summed E-state index contributed by atoms with van der Waals surface area (Å²) in [4.78, 5) is 17.2. The number of aryl methyl sites for hydroxylation is 1. The molecule has 1 amide bonds. The summed E-state index contributed by atoms with van der Waals surface area (Å²) in [6, 6.07) is 6.45. The Morgan fingerprint density at radius 1 is 1.28 bits per heavy atom. The number of benzene rings is 1. The van der Waals surface area contributed by atoms with E-state index in [9.17, 15) is 18.3 Å². The molecule has 0 spiro atoms. The van der Waals surface area contributed by atoms with Gasteiger partial charge in [-0.2, -0.15) is 4.98 Å². The van der Waals surface area contributed by atoms with Gasteiger partial charge in [0.25, 0.3) is 0 Å². The lowest BCUT2D eigenvalue weighted by molar-refractivity contribution is -0.117. The van der Waals surface area contributed by atoms with E-state index in [1.807, 2.05) is 6.92 Å². The maximum Gasteiger partial charge on any atom is 0.249 e. The zero-order chi connectivity index (χ0) is 21.2. The van der Waals surface area contributed by atoms with Gasteiger partial charge < -0.3 is 9.84 Å². The van der Waals surface area contributed by atoms with Crippen molar-refractivity contribution in [1.29, 1.82) is 0 Å². The van der Waals surface area contributed by atoms with Gasteiger partial charge in [0.2, 0.25) is 11.9 Å². The Kier molecular flexibility index (Phi) is 5.95. The number of nitrogens with one attached hydrogen (secondary N) is 1. The van der Waals surface area contributed by atoms with Crippen molar-refractivity contribution in [2.24, 2.45) is 0 Å². The largest absolute Gasteiger partial charge is 0.508 e. The molecule has 1 aliphatic heterocycles. The SMILES string of the molecule is CCn1nc(NC(=O)C(C)(C)S(=O)(=O)C2CCOCC2)nc1-c1ccc(O)cc1. The molecule has 2 heterocycles. The molecule has 0 unspecified atom stereocenters. The number of sulfone groups is 1. The first-order chi connectivity index (χ1) is 13.7. The molecule has 9 nitrogen and oxygen atoms in total. The van der Waals surface area contributed by atoms with E-state index in [0.717, 1.165) is 0 Å². The van der Waals surface area contributed by atoms with E-state index in [2.05, 4.69) is 15.4 Å². The Balaban J connectivity index is 1.83.